The molecular formula is C22H38O3. The van der Waals surface area contributed by atoms with Gasteiger partial charge in [0.05, 0.1) is 25.4 Å². The molecule has 0 aromatic rings. The van der Waals surface area contributed by atoms with Crippen molar-refractivity contribution in [2.75, 3.05) is 20.3 Å². The van der Waals surface area contributed by atoms with Gasteiger partial charge in [-0.15, -0.1) is 0 Å². The Labute approximate surface area is 153 Å². The molecule has 8 unspecified atom stereocenters. The van der Waals surface area contributed by atoms with Gasteiger partial charge in [0.1, 0.15) is 0 Å². The molecule has 0 bridgehead atoms. The summed E-state index contributed by atoms with van der Waals surface area (Å²) in [4.78, 5) is 0. The molecule has 4 aliphatic rings. The molecule has 4 aliphatic carbocycles. The van der Waals surface area contributed by atoms with E-state index in [4.69, 9.17) is 9.47 Å². The van der Waals surface area contributed by atoms with Crippen molar-refractivity contribution in [3.63, 3.8) is 0 Å². The van der Waals surface area contributed by atoms with Crippen LogP contribution in [0.15, 0.2) is 0 Å². The third-order valence-electron chi connectivity index (χ3n) is 8.91. The highest BCUT2D eigenvalue weighted by Crippen LogP contribution is 2.66. The smallest absolute Gasteiger partial charge is 0.0704 e. The predicted molar refractivity (Wildman–Crippen MR) is 99.3 cm³/mol. The van der Waals surface area contributed by atoms with Crippen molar-refractivity contribution < 1.29 is 14.6 Å². The van der Waals surface area contributed by atoms with E-state index in [0.29, 0.717) is 30.7 Å². The van der Waals surface area contributed by atoms with Crippen molar-refractivity contribution in [1.82, 2.24) is 0 Å². The van der Waals surface area contributed by atoms with E-state index in [2.05, 4.69) is 13.8 Å². The van der Waals surface area contributed by atoms with Gasteiger partial charge in [-0.25, -0.2) is 0 Å². The van der Waals surface area contributed by atoms with E-state index >= 15 is 0 Å². The van der Waals surface area contributed by atoms with Gasteiger partial charge in [-0.2, -0.15) is 0 Å². The number of fused-ring (bicyclic) bond motifs is 5. The molecule has 0 aliphatic heterocycles. The second-order valence-corrected chi connectivity index (χ2v) is 10.2. The minimum atomic E-state index is -0.102. The Morgan fingerprint density at radius 2 is 1.80 bits per heavy atom. The first-order chi connectivity index (χ1) is 12.0. The number of rotatable bonds is 4. The van der Waals surface area contributed by atoms with Crippen LogP contribution in [0.25, 0.3) is 0 Å². The molecule has 4 saturated carbocycles. The highest BCUT2D eigenvalue weighted by Gasteiger charge is 2.61. The third kappa shape index (κ3) is 2.99. The standard InChI is InChI=1S/C22H38O3/c1-21-10-4-5-18(21)17-9-7-15-6-8-16(25-12-11-24-3)13-22(15,2)20(17)19(23)14-21/h15-20,23H,4-14H2,1-3H3. The molecule has 0 aromatic carbocycles. The van der Waals surface area contributed by atoms with Crippen molar-refractivity contribution in [2.45, 2.75) is 83.8 Å². The molecule has 0 heterocycles. The Bertz CT molecular complexity index is 478. The Balaban J connectivity index is 1.54. The highest BCUT2D eigenvalue weighted by molar-refractivity contribution is 5.10. The fourth-order valence-corrected chi connectivity index (χ4v) is 7.89. The molecule has 144 valence electrons. The Morgan fingerprint density at radius 1 is 1.00 bits per heavy atom. The molecule has 0 aromatic heterocycles. The summed E-state index contributed by atoms with van der Waals surface area (Å²) in [5, 5.41) is 11.3. The first kappa shape index (κ1) is 18.3. The van der Waals surface area contributed by atoms with Crippen molar-refractivity contribution in [2.24, 2.45) is 34.5 Å². The number of hydrogen-bond donors (Lipinski definition) is 1. The number of ether oxygens (including phenoxy) is 2. The zero-order valence-corrected chi connectivity index (χ0v) is 16.5. The van der Waals surface area contributed by atoms with E-state index in [1.165, 1.54) is 44.9 Å². The Hall–Kier alpha value is -0.120. The van der Waals surface area contributed by atoms with Gasteiger partial charge in [0.15, 0.2) is 0 Å². The minimum absolute atomic E-state index is 0.102. The lowest BCUT2D eigenvalue weighted by Crippen LogP contribution is -2.58. The Morgan fingerprint density at radius 3 is 2.60 bits per heavy atom. The second-order valence-electron chi connectivity index (χ2n) is 10.2. The molecule has 1 N–H and O–H groups in total. The summed E-state index contributed by atoms with van der Waals surface area (Å²) in [6.45, 7) is 6.36. The fourth-order valence-electron chi connectivity index (χ4n) is 7.89. The van der Waals surface area contributed by atoms with Gasteiger partial charge in [-0.05, 0) is 85.9 Å². The van der Waals surface area contributed by atoms with Crippen LogP contribution >= 0.6 is 0 Å². The first-order valence-electron chi connectivity index (χ1n) is 10.8. The molecule has 0 saturated heterocycles. The molecule has 3 heteroatoms. The molecule has 0 spiro atoms. The minimum Gasteiger partial charge on any atom is -0.393 e. The summed E-state index contributed by atoms with van der Waals surface area (Å²) in [6.07, 6.45) is 11.8. The van der Waals surface area contributed by atoms with Crippen molar-refractivity contribution >= 4 is 0 Å². The van der Waals surface area contributed by atoms with Gasteiger partial charge in [-0.3, -0.25) is 0 Å². The molecule has 0 radical (unpaired) electrons. The summed E-state index contributed by atoms with van der Waals surface area (Å²) >= 11 is 0. The number of aliphatic hydroxyl groups excluding tert-OH is 1. The summed E-state index contributed by atoms with van der Waals surface area (Å²) in [7, 11) is 1.74. The van der Waals surface area contributed by atoms with E-state index in [0.717, 1.165) is 30.6 Å². The maximum atomic E-state index is 11.3. The molecule has 4 rings (SSSR count). The second kappa shape index (κ2) is 6.80. The van der Waals surface area contributed by atoms with Gasteiger partial charge in [0.2, 0.25) is 0 Å². The van der Waals surface area contributed by atoms with Crippen LogP contribution in [0.1, 0.15) is 71.6 Å². The molecule has 4 fully saturated rings. The average molecular weight is 351 g/mol. The van der Waals surface area contributed by atoms with Crippen LogP contribution < -0.4 is 0 Å². The summed E-state index contributed by atoms with van der Waals surface area (Å²) in [5.74, 6) is 2.89. The van der Waals surface area contributed by atoms with Gasteiger partial charge in [0.25, 0.3) is 0 Å². The monoisotopic (exact) mass is 350 g/mol. The Kier molecular flexibility index (Phi) is 4.96. The van der Waals surface area contributed by atoms with Crippen LogP contribution in [0.5, 0.6) is 0 Å². The van der Waals surface area contributed by atoms with E-state index in [9.17, 15) is 5.11 Å². The van der Waals surface area contributed by atoms with Crippen LogP contribution in [0.3, 0.4) is 0 Å². The number of methoxy groups -OCH3 is 1. The summed E-state index contributed by atoms with van der Waals surface area (Å²) in [6, 6.07) is 0. The lowest BCUT2D eigenvalue weighted by Gasteiger charge is -2.62. The topological polar surface area (TPSA) is 38.7 Å². The third-order valence-corrected chi connectivity index (χ3v) is 8.91. The molecular weight excluding hydrogens is 312 g/mol. The quantitative estimate of drug-likeness (QED) is 0.763. The zero-order valence-electron chi connectivity index (χ0n) is 16.5. The first-order valence-corrected chi connectivity index (χ1v) is 10.8. The van der Waals surface area contributed by atoms with Crippen molar-refractivity contribution in [3.05, 3.63) is 0 Å². The predicted octanol–water partition coefficient (Wildman–Crippen LogP) is 4.42. The van der Waals surface area contributed by atoms with E-state index in [-0.39, 0.29) is 11.5 Å². The van der Waals surface area contributed by atoms with Crippen molar-refractivity contribution in [3.8, 4) is 0 Å². The number of hydrogen-bond acceptors (Lipinski definition) is 3. The zero-order chi connectivity index (χ0) is 17.7. The van der Waals surface area contributed by atoms with Crippen LogP contribution in [0.2, 0.25) is 0 Å². The molecule has 25 heavy (non-hydrogen) atoms. The number of aliphatic hydroxyl groups is 1. The van der Waals surface area contributed by atoms with Gasteiger partial charge < -0.3 is 14.6 Å². The maximum absolute atomic E-state index is 11.3. The lowest BCUT2D eigenvalue weighted by atomic mass is 9.44. The van der Waals surface area contributed by atoms with Crippen LogP contribution in [0.4, 0.5) is 0 Å². The highest BCUT2D eigenvalue weighted by atomic mass is 16.5. The van der Waals surface area contributed by atoms with Crippen LogP contribution in [-0.2, 0) is 9.47 Å². The fraction of sp³-hybridized carbons (Fsp3) is 1.00. The lowest BCUT2D eigenvalue weighted by molar-refractivity contribution is -0.180. The van der Waals surface area contributed by atoms with Crippen LogP contribution in [-0.4, -0.2) is 37.6 Å². The van der Waals surface area contributed by atoms with E-state index in [1.54, 1.807) is 7.11 Å². The van der Waals surface area contributed by atoms with E-state index in [1.807, 2.05) is 0 Å². The van der Waals surface area contributed by atoms with E-state index < -0.39 is 0 Å². The van der Waals surface area contributed by atoms with Crippen molar-refractivity contribution in [1.29, 1.82) is 0 Å². The van der Waals surface area contributed by atoms with Gasteiger partial charge >= 0.3 is 0 Å². The molecule has 8 atom stereocenters. The SMILES string of the molecule is COCCOC1CCC2CCC3C4CCCC4(C)CC(O)C3C2(C)C1. The average Bonchev–Trinajstić information content (AvgIpc) is 2.95. The van der Waals surface area contributed by atoms with Crippen LogP contribution in [0, 0.1) is 34.5 Å². The summed E-state index contributed by atoms with van der Waals surface area (Å²) in [5.41, 5.74) is 0.676. The molecule has 3 nitrogen and oxygen atoms in total. The summed E-state index contributed by atoms with van der Waals surface area (Å²) < 4.78 is 11.3. The normalized spacial score (nSPS) is 52.3. The largest absolute Gasteiger partial charge is 0.393 e. The molecule has 0 amide bonds. The van der Waals surface area contributed by atoms with Gasteiger partial charge in [0, 0.05) is 7.11 Å². The van der Waals surface area contributed by atoms with Gasteiger partial charge in [-0.1, -0.05) is 20.3 Å². The maximum Gasteiger partial charge on any atom is 0.0704 e.